The number of nitrogens with one attached hydrogen (secondary N) is 1. The zero-order valence-corrected chi connectivity index (χ0v) is 18.6. The second kappa shape index (κ2) is 9.89. The molecular weight excluding hydrogens is 440 g/mol. The fourth-order valence-corrected chi connectivity index (χ4v) is 3.98. The van der Waals surface area contributed by atoms with Crippen LogP contribution in [0.2, 0.25) is 0 Å². The molecule has 1 N–H and O–H groups in total. The second-order valence-electron chi connectivity index (χ2n) is 5.71. The number of hydrogen-bond donors (Lipinski definition) is 1. The van der Waals surface area contributed by atoms with Gasteiger partial charge in [0.25, 0.3) is 5.91 Å². The minimum absolute atomic E-state index is 0.100. The molecular formula is C16H20N4O6S3. The van der Waals surface area contributed by atoms with Crippen molar-refractivity contribution >= 4 is 55.8 Å². The highest BCUT2D eigenvalue weighted by molar-refractivity contribution is 8.01. The van der Waals surface area contributed by atoms with E-state index >= 15 is 0 Å². The first-order valence-corrected chi connectivity index (χ1v) is 11.8. The Morgan fingerprint density at radius 3 is 2.52 bits per heavy atom. The van der Waals surface area contributed by atoms with E-state index in [1.54, 1.807) is 31.2 Å². The van der Waals surface area contributed by atoms with Gasteiger partial charge in [-0.05, 0) is 31.2 Å². The predicted octanol–water partition coefficient (Wildman–Crippen LogP) is 1.60. The number of esters is 1. The summed E-state index contributed by atoms with van der Waals surface area (Å²) >= 11 is 2.29. The Balaban J connectivity index is 1.91. The van der Waals surface area contributed by atoms with Gasteiger partial charge in [-0.15, -0.1) is 10.2 Å². The van der Waals surface area contributed by atoms with Gasteiger partial charge in [0.2, 0.25) is 15.2 Å². The molecule has 1 amide bonds. The molecule has 0 unspecified atom stereocenters. The van der Waals surface area contributed by atoms with Crippen molar-refractivity contribution in [2.75, 3.05) is 35.8 Å². The van der Waals surface area contributed by atoms with Gasteiger partial charge in [0.05, 0.1) is 24.8 Å². The summed E-state index contributed by atoms with van der Waals surface area (Å²) in [5.41, 5.74) is 0.475. The average molecular weight is 461 g/mol. The van der Waals surface area contributed by atoms with Crippen molar-refractivity contribution in [1.82, 2.24) is 10.2 Å². The molecule has 2 rings (SSSR count). The molecule has 1 heterocycles. The first-order chi connectivity index (χ1) is 13.6. The van der Waals surface area contributed by atoms with Crippen LogP contribution < -0.4 is 14.4 Å². The molecule has 0 radical (unpaired) electrons. The van der Waals surface area contributed by atoms with Crippen LogP contribution in [-0.2, 0) is 24.3 Å². The molecule has 0 aliphatic carbocycles. The normalized spacial score (nSPS) is 12.1. The highest BCUT2D eigenvalue weighted by atomic mass is 32.2. The summed E-state index contributed by atoms with van der Waals surface area (Å²) in [5.74, 6) is -0.303. The lowest BCUT2D eigenvalue weighted by Gasteiger charge is -2.18. The molecule has 10 nitrogen and oxygen atoms in total. The van der Waals surface area contributed by atoms with Crippen LogP contribution in [0.3, 0.4) is 0 Å². The summed E-state index contributed by atoms with van der Waals surface area (Å²) in [6, 6.07) is 6.31. The fraction of sp³-hybridized carbons (Fsp3) is 0.375. The van der Waals surface area contributed by atoms with Crippen molar-refractivity contribution in [2.24, 2.45) is 0 Å². The zero-order valence-electron chi connectivity index (χ0n) is 16.1. The quantitative estimate of drug-likeness (QED) is 0.337. The number of anilines is 2. The topological polar surface area (TPSA) is 128 Å². The van der Waals surface area contributed by atoms with Crippen molar-refractivity contribution in [3.63, 3.8) is 0 Å². The molecule has 0 fully saturated rings. The summed E-state index contributed by atoms with van der Waals surface area (Å²) in [4.78, 5) is 23.4. The van der Waals surface area contributed by atoms with Crippen molar-refractivity contribution < 1.29 is 27.5 Å². The zero-order chi connectivity index (χ0) is 21.6. The smallest absolute Gasteiger partial charge is 0.316 e. The molecule has 0 bridgehead atoms. The van der Waals surface area contributed by atoms with Crippen molar-refractivity contribution in [2.45, 2.75) is 17.4 Å². The predicted molar refractivity (Wildman–Crippen MR) is 111 cm³/mol. The van der Waals surface area contributed by atoms with Gasteiger partial charge in [-0.1, -0.05) is 23.1 Å². The van der Waals surface area contributed by atoms with Crippen molar-refractivity contribution in [3.8, 4) is 5.75 Å². The first kappa shape index (κ1) is 22.9. The Kier molecular flexibility index (Phi) is 7.81. The Morgan fingerprint density at radius 1 is 1.28 bits per heavy atom. The number of benzene rings is 1. The molecule has 0 spiro atoms. The SMILES string of the molecule is COC(=O)CSc1nnc(NC(=O)[C@@H](C)Oc2ccc(N(C)S(C)(=O)=O)cc2)s1. The van der Waals surface area contributed by atoms with Crippen LogP contribution in [-0.4, -0.2) is 62.8 Å². The van der Waals surface area contributed by atoms with E-state index in [0.29, 0.717) is 15.8 Å². The number of hydrogen-bond acceptors (Lipinski definition) is 10. The van der Waals surface area contributed by atoms with E-state index < -0.39 is 22.0 Å². The number of methoxy groups -OCH3 is 1. The van der Waals surface area contributed by atoms with Gasteiger partial charge in [0, 0.05) is 7.05 Å². The minimum atomic E-state index is -3.36. The molecule has 0 saturated carbocycles. The molecule has 0 saturated heterocycles. The summed E-state index contributed by atoms with van der Waals surface area (Å²) in [6.07, 6.45) is 0.278. The number of nitrogens with zero attached hydrogens (tertiary/aromatic N) is 3. The Bertz CT molecular complexity index is 961. The number of rotatable bonds is 9. The maximum atomic E-state index is 12.3. The summed E-state index contributed by atoms with van der Waals surface area (Å²) in [7, 11) is -0.615. The number of thioether (sulfide) groups is 1. The van der Waals surface area contributed by atoms with Gasteiger partial charge in [0.15, 0.2) is 10.4 Å². The highest BCUT2D eigenvalue weighted by Gasteiger charge is 2.18. The number of carbonyl (C=O) groups is 2. The van der Waals surface area contributed by atoms with E-state index in [1.807, 2.05) is 0 Å². The molecule has 1 atom stereocenters. The van der Waals surface area contributed by atoms with Gasteiger partial charge in [-0.3, -0.25) is 19.2 Å². The summed E-state index contributed by atoms with van der Waals surface area (Å²) < 4.78 is 34.9. The number of carbonyl (C=O) groups excluding carboxylic acids is 2. The number of amides is 1. The summed E-state index contributed by atoms with van der Waals surface area (Å²) in [5, 5.41) is 10.6. The molecule has 0 aliphatic heterocycles. The average Bonchev–Trinajstić information content (AvgIpc) is 3.12. The van der Waals surface area contributed by atoms with Crippen molar-refractivity contribution in [1.29, 1.82) is 0 Å². The van der Waals surface area contributed by atoms with Gasteiger partial charge < -0.3 is 9.47 Å². The molecule has 0 aliphatic rings. The van der Waals surface area contributed by atoms with Crippen LogP contribution in [0.5, 0.6) is 5.75 Å². The molecule has 13 heteroatoms. The van der Waals surface area contributed by atoms with Crippen LogP contribution in [0.1, 0.15) is 6.92 Å². The first-order valence-electron chi connectivity index (χ1n) is 8.14. The maximum Gasteiger partial charge on any atom is 0.316 e. The molecule has 2 aromatic rings. The lowest BCUT2D eigenvalue weighted by molar-refractivity contribution is -0.137. The lowest BCUT2D eigenvalue weighted by atomic mass is 10.3. The van der Waals surface area contributed by atoms with Crippen molar-refractivity contribution in [3.05, 3.63) is 24.3 Å². The highest BCUT2D eigenvalue weighted by Crippen LogP contribution is 2.26. The third-order valence-electron chi connectivity index (χ3n) is 3.56. The van der Waals surface area contributed by atoms with E-state index in [0.717, 1.165) is 33.7 Å². The Labute approximate surface area is 176 Å². The van der Waals surface area contributed by atoms with E-state index in [4.69, 9.17) is 4.74 Å². The van der Waals surface area contributed by atoms with Crippen LogP contribution >= 0.6 is 23.1 Å². The third-order valence-corrected chi connectivity index (χ3v) is 6.71. The number of aromatic nitrogens is 2. The number of sulfonamides is 1. The molecule has 1 aromatic carbocycles. The van der Waals surface area contributed by atoms with E-state index in [2.05, 4.69) is 20.3 Å². The fourth-order valence-electron chi connectivity index (χ4n) is 1.89. The maximum absolute atomic E-state index is 12.3. The van der Waals surface area contributed by atoms with Gasteiger partial charge in [0.1, 0.15) is 5.75 Å². The van der Waals surface area contributed by atoms with Crippen LogP contribution in [0.4, 0.5) is 10.8 Å². The minimum Gasteiger partial charge on any atom is -0.481 e. The molecule has 1 aromatic heterocycles. The molecule has 158 valence electrons. The lowest BCUT2D eigenvalue weighted by Crippen LogP contribution is -2.30. The van der Waals surface area contributed by atoms with Gasteiger partial charge >= 0.3 is 5.97 Å². The second-order valence-corrected chi connectivity index (χ2v) is 9.93. The van der Waals surface area contributed by atoms with E-state index in [-0.39, 0.29) is 16.9 Å². The third kappa shape index (κ3) is 6.87. The Morgan fingerprint density at radius 2 is 1.93 bits per heavy atom. The number of ether oxygens (including phenoxy) is 2. The van der Waals surface area contributed by atoms with E-state index in [1.165, 1.54) is 14.2 Å². The standard InChI is InChI=1S/C16H20N4O6S3/c1-10(26-12-7-5-11(6-8-12)20(2)29(4,23)24)14(22)17-15-18-19-16(28-15)27-9-13(21)25-3/h5-8,10H,9H2,1-4H3,(H,17,18,22)/t10-/m1/s1. The molecule has 29 heavy (non-hydrogen) atoms. The van der Waals surface area contributed by atoms with Crippen LogP contribution in [0.15, 0.2) is 28.6 Å². The van der Waals surface area contributed by atoms with Gasteiger partial charge in [-0.2, -0.15) is 0 Å². The van der Waals surface area contributed by atoms with Crippen LogP contribution in [0, 0.1) is 0 Å². The Hall–Kier alpha value is -2.38. The van der Waals surface area contributed by atoms with Crippen LogP contribution in [0.25, 0.3) is 0 Å². The van der Waals surface area contributed by atoms with Gasteiger partial charge in [-0.25, -0.2) is 8.42 Å². The largest absolute Gasteiger partial charge is 0.481 e. The van der Waals surface area contributed by atoms with E-state index in [9.17, 15) is 18.0 Å². The summed E-state index contributed by atoms with van der Waals surface area (Å²) in [6.45, 7) is 1.57. The monoisotopic (exact) mass is 460 g/mol.